The second-order valence-corrected chi connectivity index (χ2v) is 7.09. The fraction of sp³-hybridized carbons (Fsp3) is 0.550. The van der Waals surface area contributed by atoms with E-state index in [1.807, 2.05) is 25.7 Å². The summed E-state index contributed by atoms with van der Waals surface area (Å²) < 4.78 is 1.37. The Labute approximate surface area is 160 Å². The van der Waals surface area contributed by atoms with E-state index < -0.39 is 0 Å². The molecular formula is C20H28N4O3. The molecule has 7 nitrogen and oxygen atoms in total. The highest BCUT2D eigenvalue weighted by Gasteiger charge is 2.37. The van der Waals surface area contributed by atoms with Gasteiger partial charge in [-0.15, -0.1) is 5.92 Å². The number of rotatable bonds is 5. The molecule has 146 valence electrons. The van der Waals surface area contributed by atoms with E-state index in [0.29, 0.717) is 25.1 Å². The van der Waals surface area contributed by atoms with E-state index in [4.69, 9.17) is 0 Å². The van der Waals surface area contributed by atoms with Gasteiger partial charge in [0.2, 0.25) is 11.5 Å². The van der Waals surface area contributed by atoms with E-state index >= 15 is 0 Å². The van der Waals surface area contributed by atoms with Crippen molar-refractivity contribution in [3.8, 4) is 11.8 Å². The SMILES string of the molecule is CCC#CCN1C[C@H](NC(=O)c2ccc(=O)n(C)c2)C[C@H]1C(=O)NC(C)C. The van der Waals surface area contributed by atoms with Crippen LogP contribution in [0.5, 0.6) is 0 Å². The van der Waals surface area contributed by atoms with Gasteiger partial charge in [-0.3, -0.25) is 19.3 Å². The lowest BCUT2D eigenvalue weighted by Gasteiger charge is -2.22. The Bertz CT molecular complexity index is 803. The molecule has 0 aliphatic carbocycles. The second kappa shape index (κ2) is 9.38. The molecule has 2 N–H and O–H groups in total. The largest absolute Gasteiger partial charge is 0.353 e. The molecule has 0 spiro atoms. The van der Waals surface area contributed by atoms with Gasteiger partial charge in [0.1, 0.15) is 0 Å². The number of nitrogens with zero attached hydrogens (tertiary/aromatic N) is 2. The molecule has 0 bridgehead atoms. The molecule has 2 heterocycles. The number of hydrogen-bond donors (Lipinski definition) is 2. The summed E-state index contributed by atoms with van der Waals surface area (Å²) in [7, 11) is 1.61. The number of pyridine rings is 1. The second-order valence-electron chi connectivity index (χ2n) is 7.09. The van der Waals surface area contributed by atoms with Crippen molar-refractivity contribution >= 4 is 11.8 Å². The third kappa shape index (κ3) is 5.69. The number of likely N-dealkylation sites (tertiary alicyclic amines) is 1. The Morgan fingerprint density at radius 2 is 2.04 bits per heavy atom. The Balaban J connectivity index is 2.08. The molecule has 0 radical (unpaired) electrons. The van der Waals surface area contributed by atoms with E-state index in [1.54, 1.807) is 7.05 Å². The summed E-state index contributed by atoms with van der Waals surface area (Å²) >= 11 is 0. The molecule has 2 rings (SSSR count). The van der Waals surface area contributed by atoms with Crippen molar-refractivity contribution < 1.29 is 9.59 Å². The highest BCUT2D eigenvalue weighted by molar-refractivity contribution is 5.94. The molecule has 0 aromatic carbocycles. The van der Waals surface area contributed by atoms with Gasteiger partial charge < -0.3 is 15.2 Å². The maximum Gasteiger partial charge on any atom is 0.253 e. The quantitative estimate of drug-likeness (QED) is 0.737. The minimum atomic E-state index is -0.316. The molecule has 1 aliphatic heterocycles. The number of amides is 2. The van der Waals surface area contributed by atoms with Crippen LogP contribution < -0.4 is 16.2 Å². The minimum absolute atomic E-state index is 0.0397. The van der Waals surface area contributed by atoms with Crippen LogP contribution in [0.25, 0.3) is 0 Å². The normalized spacial score (nSPS) is 19.4. The Kier molecular flexibility index (Phi) is 7.19. The monoisotopic (exact) mass is 372 g/mol. The molecule has 7 heteroatoms. The van der Waals surface area contributed by atoms with Gasteiger partial charge in [0.25, 0.3) is 5.91 Å². The van der Waals surface area contributed by atoms with Crippen LogP contribution in [0.2, 0.25) is 0 Å². The van der Waals surface area contributed by atoms with Crippen molar-refractivity contribution in [2.75, 3.05) is 13.1 Å². The molecule has 1 aromatic rings. The van der Waals surface area contributed by atoms with Gasteiger partial charge in [-0.2, -0.15) is 0 Å². The van der Waals surface area contributed by atoms with Crippen molar-refractivity contribution in [2.45, 2.75) is 51.7 Å². The zero-order chi connectivity index (χ0) is 20.0. The minimum Gasteiger partial charge on any atom is -0.353 e. The van der Waals surface area contributed by atoms with Crippen LogP contribution in [0, 0.1) is 11.8 Å². The maximum atomic E-state index is 12.5. The van der Waals surface area contributed by atoms with Gasteiger partial charge in [0, 0.05) is 44.4 Å². The average molecular weight is 372 g/mol. The van der Waals surface area contributed by atoms with Crippen LogP contribution in [-0.4, -0.2) is 52.5 Å². The van der Waals surface area contributed by atoms with Crippen LogP contribution >= 0.6 is 0 Å². The third-order valence-corrected chi connectivity index (χ3v) is 4.40. The predicted octanol–water partition coefficient (Wildman–Crippen LogP) is 0.496. The smallest absolute Gasteiger partial charge is 0.253 e. The third-order valence-electron chi connectivity index (χ3n) is 4.40. The van der Waals surface area contributed by atoms with E-state index in [9.17, 15) is 14.4 Å². The van der Waals surface area contributed by atoms with Crippen LogP contribution in [0.3, 0.4) is 0 Å². The number of carbonyl (C=O) groups excluding carboxylic acids is 2. The summed E-state index contributed by atoms with van der Waals surface area (Å²) in [4.78, 5) is 38.5. The first-order valence-corrected chi connectivity index (χ1v) is 9.29. The van der Waals surface area contributed by atoms with Crippen LogP contribution in [0.1, 0.15) is 44.0 Å². The lowest BCUT2D eigenvalue weighted by molar-refractivity contribution is -0.125. The molecule has 1 aliphatic rings. The van der Waals surface area contributed by atoms with Crippen LogP contribution in [0.4, 0.5) is 0 Å². The molecule has 2 amide bonds. The van der Waals surface area contributed by atoms with Gasteiger partial charge >= 0.3 is 0 Å². The number of carbonyl (C=O) groups is 2. The van der Waals surface area contributed by atoms with Crippen molar-refractivity contribution in [1.29, 1.82) is 0 Å². The van der Waals surface area contributed by atoms with Gasteiger partial charge in [0.15, 0.2) is 0 Å². The number of aryl methyl sites for hydroxylation is 1. The summed E-state index contributed by atoms with van der Waals surface area (Å²) in [6.45, 7) is 6.89. The molecule has 27 heavy (non-hydrogen) atoms. The van der Waals surface area contributed by atoms with Crippen molar-refractivity contribution in [3.63, 3.8) is 0 Å². The summed E-state index contributed by atoms with van der Waals surface area (Å²) in [5.74, 6) is 5.82. The Morgan fingerprint density at radius 3 is 2.67 bits per heavy atom. The predicted molar refractivity (Wildman–Crippen MR) is 104 cm³/mol. The topological polar surface area (TPSA) is 83.4 Å². The number of aromatic nitrogens is 1. The molecule has 0 unspecified atom stereocenters. The van der Waals surface area contributed by atoms with Gasteiger partial charge in [-0.05, 0) is 26.3 Å². The van der Waals surface area contributed by atoms with Crippen molar-refractivity contribution in [3.05, 3.63) is 34.2 Å². The summed E-state index contributed by atoms with van der Waals surface area (Å²) in [5.41, 5.74) is 0.253. The molecule has 2 atom stereocenters. The molecular weight excluding hydrogens is 344 g/mol. The maximum absolute atomic E-state index is 12.5. The summed E-state index contributed by atoms with van der Waals surface area (Å²) in [6.07, 6.45) is 2.81. The molecule has 1 saturated heterocycles. The first kappa shape index (κ1) is 20.7. The first-order chi connectivity index (χ1) is 12.8. The van der Waals surface area contributed by atoms with Crippen LogP contribution in [0.15, 0.2) is 23.1 Å². The lowest BCUT2D eigenvalue weighted by Crippen LogP contribution is -2.45. The first-order valence-electron chi connectivity index (χ1n) is 9.29. The zero-order valence-corrected chi connectivity index (χ0v) is 16.4. The molecule has 1 aromatic heterocycles. The highest BCUT2D eigenvalue weighted by Crippen LogP contribution is 2.18. The molecule has 1 fully saturated rings. The standard InChI is InChI=1S/C20H28N4O3/c1-5-6-7-10-24-13-16(11-17(24)20(27)21-14(2)3)22-19(26)15-8-9-18(25)23(4)12-15/h8-9,12,14,16-17H,5,10-11,13H2,1-4H3,(H,21,27)(H,22,26)/t16-,17+/m1/s1. The van der Waals surface area contributed by atoms with E-state index in [1.165, 1.54) is 22.9 Å². The number of nitrogens with one attached hydrogen (secondary N) is 2. The van der Waals surface area contributed by atoms with Crippen LogP contribution in [-0.2, 0) is 11.8 Å². The Morgan fingerprint density at radius 1 is 1.30 bits per heavy atom. The van der Waals surface area contributed by atoms with Crippen molar-refractivity contribution in [1.82, 2.24) is 20.1 Å². The van der Waals surface area contributed by atoms with E-state index in [2.05, 4.69) is 22.5 Å². The fourth-order valence-corrected chi connectivity index (χ4v) is 3.12. The number of hydrogen-bond acceptors (Lipinski definition) is 4. The van der Waals surface area contributed by atoms with E-state index in [-0.39, 0.29) is 35.5 Å². The van der Waals surface area contributed by atoms with Crippen molar-refractivity contribution in [2.24, 2.45) is 7.05 Å². The zero-order valence-electron chi connectivity index (χ0n) is 16.4. The summed E-state index contributed by atoms with van der Waals surface area (Å²) in [6, 6.07) is 2.47. The average Bonchev–Trinajstić information content (AvgIpc) is 2.99. The summed E-state index contributed by atoms with van der Waals surface area (Å²) in [5, 5.41) is 5.92. The van der Waals surface area contributed by atoms with Gasteiger partial charge in [-0.1, -0.05) is 12.8 Å². The van der Waals surface area contributed by atoms with Gasteiger partial charge in [0.05, 0.1) is 18.2 Å². The van der Waals surface area contributed by atoms with Gasteiger partial charge in [-0.25, -0.2) is 0 Å². The molecule has 0 saturated carbocycles. The Hall–Kier alpha value is -2.59. The lowest BCUT2D eigenvalue weighted by atomic mass is 10.1. The van der Waals surface area contributed by atoms with E-state index in [0.717, 1.165) is 6.42 Å². The highest BCUT2D eigenvalue weighted by atomic mass is 16.2. The fourth-order valence-electron chi connectivity index (χ4n) is 3.12.